The number of fused-ring (bicyclic) bond motifs is 1. The third-order valence-corrected chi connectivity index (χ3v) is 4.19. The van der Waals surface area contributed by atoms with Crippen LogP contribution in [0.1, 0.15) is 16.1 Å². The average molecular weight is 399 g/mol. The lowest BCUT2D eigenvalue weighted by molar-refractivity contribution is 0.102. The second-order valence-corrected chi connectivity index (χ2v) is 5.77. The van der Waals surface area contributed by atoms with Gasteiger partial charge in [0.15, 0.2) is 0 Å². The van der Waals surface area contributed by atoms with Gasteiger partial charge in [0.05, 0.1) is 17.3 Å². The maximum Gasteiger partial charge on any atom is 0.274 e. The fraction of sp³-hybridized carbons (Fsp3) is 0. The Hall–Kier alpha value is -2.46. The molecule has 2 aromatic carbocycles. The van der Waals surface area contributed by atoms with Crippen LogP contribution in [0.5, 0.6) is 0 Å². The van der Waals surface area contributed by atoms with Crippen molar-refractivity contribution in [1.82, 2.24) is 4.98 Å². The fourth-order valence-electron chi connectivity index (χ4n) is 2.25. The van der Waals surface area contributed by atoms with Crippen LogP contribution < -0.4 is 5.32 Å². The van der Waals surface area contributed by atoms with Gasteiger partial charge >= 0.3 is 0 Å². The molecule has 0 aliphatic rings. The minimum absolute atomic E-state index is 0.296. The van der Waals surface area contributed by atoms with Crippen LogP contribution in [0.25, 0.3) is 10.8 Å². The zero-order valence-electron chi connectivity index (χ0n) is 11.4. The Morgan fingerprint density at radius 3 is 2.73 bits per heavy atom. The van der Waals surface area contributed by atoms with E-state index in [1.54, 1.807) is 30.5 Å². The van der Waals surface area contributed by atoms with Crippen molar-refractivity contribution in [2.75, 3.05) is 5.32 Å². The number of carbonyl (C=O) groups excluding carboxylic acids is 1. The van der Waals surface area contributed by atoms with Gasteiger partial charge < -0.3 is 5.32 Å². The van der Waals surface area contributed by atoms with Gasteiger partial charge in [0.2, 0.25) is 0 Å². The second kappa shape index (κ2) is 6.12. The number of anilines is 1. The molecule has 22 heavy (non-hydrogen) atoms. The Balaban J connectivity index is 2.10. The summed E-state index contributed by atoms with van der Waals surface area (Å²) in [6.45, 7) is 0. The van der Waals surface area contributed by atoms with Gasteiger partial charge in [-0.3, -0.25) is 9.78 Å². The van der Waals surface area contributed by atoms with Crippen LogP contribution in [0.4, 0.5) is 5.69 Å². The number of halogens is 1. The molecule has 0 fully saturated rings. The lowest BCUT2D eigenvalue weighted by Crippen LogP contribution is -2.13. The number of hydrogen-bond acceptors (Lipinski definition) is 3. The first-order chi connectivity index (χ1) is 10.7. The van der Waals surface area contributed by atoms with E-state index >= 15 is 0 Å². The highest BCUT2D eigenvalue weighted by atomic mass is 127. The molecule has 106 valence electrons. The predicted octanol–water partition coefficient (Wildman–Crippen LogP) is 3.96. The molecule has 0 aliphatic heterocycles. The summed E-state index contributed by atoms with van der Waals surface area (Å²) in [6.07, 6.45) is 1.57. The third kappa shape index (κ3) is 2.65. The third-order valence-electron chi connectivity index (χ3n) is 3.25. The number of aromatic nitrogens is 1. The molecule has 1 aromatic heterocycles. The summed E-state index contributed by atoms with van der Waals surface area (Å²) in [7, 11) is 0. The second-order valence-electron chi connectivity index (χ2n) is 4.60. The van der Waals surface area contributed by atoms with Gasteiger partial charge in [0, 0.05) is 15.2 Å². The molecule has 0 spiro atoms. The summed E-state index contributed by atoms with van der Waals surface area (Å²) in [5.41, 5.74) is 1.49. The molecule has 5 heteroatoms. The van der Waals surface area contributed by atoms with Crippen molar-refractivity contribution in [3.8, 4) is 6.07 Å². The number of nitrogens with one attached hydrogen (secondary N) is 1. The monoisotopic (exact) mass is 399 g/mol. The van der Waals surface area contributed by atoms with Crippen molar-refractivity contribution >= 4 is 45.0 Å². The van der Waals surface area contributed by atoms with Gasteiger partial charge in [-0.1, -0.05) is 18.2 Å². The van der Waals surface area contributed by atoms with Gasteiger partial charge in [-0.2, -0.15) is 5.26 Å². The number of pyridine rings is 1. The fourth-order valence-corrected chi connectivity index (χ4v) is 2.88. The van der Waals surface area contributed by atoms with Crippen LogP contribution in [0.3, 0.4) is 0 Å². The zero-order chi connectivity index (χ0) is 15.5. The summed E-state index contributed by atoms with van der Waals surface area (Å²) in [5, 5.41) is 13.9. The molecule has 3 rings (SSSR count). The van der Waals surface area contributed by atoms with Crippen LogP contribution in [-0.2, 0) is 0 Å². The van der Waals surface area contributed by atoms with Crippen molar-refractivity contribution < 1.29 is 4.79 Å². The van der Waals surface area contributed by atoms with E-state index in [2.05, 4.69) is 39.0 Å². The molecule has 3 aromatic rings. The molecule has 1 heterocycles. The SMILES string of the molecule is N#Cc1cccc2c(I)ccc(NC(=O)c3ccccn3)c12. The van der Waals surface area contributed by atoms with Crippen molar-refractivity contribution in [3.63, 3.8) is 0 Å². The van der Waals surface area contributed by atoms with Crippen LogP contribution >= 0.6 is 22.6 Å². The topological polar surface area (TPSA) is 65.8 Å². The number of carbonyl (C=O) groups is 1. The summed E-state index contributed by atoms with van der Waals surface area (Å²) in [5.74, 6) is -0.296. The first-order valence-corrected chi connectivity index (χ1v) is 7.62. The van der Waals surface area contributed by atoms with Crippen LogP contribution in [-0.4, -0.2) is 10.9 Å². The first kappa shape index (κ1) is 14.5. The van der Waals surface area contributed by atoms with E-state index in [0.29, 0.717) is 16.9 Å². The maximum atomic E-state index is 12.3. The lowest BCUT2D eigenvalue weighted by atomic mass is 10.0. The number of amides is 1. The molecule has 0 unspecified atom stereocenters. The minimum Gasteiger partial charge on any atom is -0.320 e. The molecule has 0 atom stereocenters. The Kier molecular flexibility index (Phi) is 4.02. The standard InChI is InChI=1S/C17H10IN3O/c18-13-7-8-14(16-11(10-19)4-3-5-12(13)16)21-17(22)15-6-1-2-9-20-15/h1-9H,(H,21,22). The van der Waals surface area contributed by atoms with Gasteiger partial charge in [0.1, 0.15) is 5.69 Å². The maximum absolute atomic E-state index is 12.3. The molecule has 0 radical (unpaired) electrons. The van der Waals surface area contributed by atoms with Crippen molar-refractivity contribution in [2.24, 2.45) is 0 Å². The van der Waals surface area contributed by atoms with E-state index in [1.165, 1.54) is 0 Å². The lowest BCUT2D eigenvalue weighted by Gasteiger charge is -2.11. The van der Waals surface area contributed by atoms with E-state index in [0.717, 1.165) is 14.3 Å². The van der Waals surface area contributed by atoms with E-state index in [-0.39, 0.29) is 5.91 Å². The smallest absolute Gasteiger partial charge is 0.274 e. The Labute approximate surface area is 140 Å². The van der Waals surface area contributed by atoms with Gasteiger partial charge in [-0.15, -0.1) is 0 Å². The van der Waals surface area contributed by atoms with E-state index in [1.807, 2.05) is 24.3 Å². The Morgan fingerprint density at radius 1 is 1.14 bits per heavy atom. The molecule has 1 N–H and O–H groups in total. The summed E-state index contributed by atoms with van der Waals surface area (Å²) in [4.78, 5) is 16.3. The Morgan fingerprint density at radius 2 is 2.00 bits per heavy atom. The average Bonchev–Trinajstić information content (AvgIpc) is 2.57. The predicted molar refractivity (Wildman–Crippen MR) is 93.6 cm³/mol. The highest BCUT2D eigenvalue weighted by molar-refractivity contribution is 14.1. The quantitative estimate of drug-likeness (QED) is 0.664. The van der Waals surface area contributed by atoms with E-state index in [4.69, 9.17) is 0 Å². The number of hydrogen-bond donors (Lipinski definition) is 1. The molecule has 1 amide bonds. The molecule has 0 saturated carbocycles. The van der Waals surface area contributed by atoms with Gasteiger partial charge in [-0.25, -0.2) is 0 Å². The van der Waals surface area contributed by atoms with Crippen LogP contribution in [0.2, 0.25) is 0 Å². The minimum atomic E-state index is -0.296. The summed E-state index contributed by atoms with van der Waals surface area (Å²) >= 11 is 2.22. The number of rotatable bonds is 2. The van der Waals surface area contributed by atoms with Crippen LogP contribution in [0.15, 0.2) is 54.7 Å². The number of nitriles is 1. The number of benzene rings is 2. The molecular weight excluding hydrogens is 389 g/mol. The van der Waals surface area contributed by atoms with Crippen molar-refractivity contribution in [2.45, 2.75) is 0 Å². The Bertz CT molecular complexity index is 901. The molecular formula is C17H10IN3O. The highest BCUT2D eigenvalue weighted by Crippen LogP contribution is 2.30. The van der Waals surface area contributed by atoms with Gasteiger partial charge in [0.25, 0.3) is 5.91 Å². The number of nitrogens with zero attached hydrogens (tertiary/aromatic N) is 2. The highest BCUT2D eigenvalue weighted by Gasteiger charge is 2.13. The molecule has 0 saturated heterocycles. The largest absolute Gasteiger partial charge is 0.320 e. The normalized spacial score (nSPS) is 10.2. The molecule has 0 aliphatic carbocycles. The van der Waals surface area contributed by atoms with Crippen LogP contribution in [0, 0.1) is 14.9 Å². The van der Waals surface area contributed by atoms with Crippen molar-refractivity contribution in [3.05, 3.63) is 69.6 Å². The summed E-state index contributed by atoms with van der Waals surface area (Å²) < 4.78 is 1.03. The van der Waals surface area contributed by atoms with E-state index in [9.17, 15) is 10.1 Å². The van der Waals surface area contributed by atoms with Crippen molar-refractivity contribution in [1.29, 1.82) is 5.26 Å². The molecule has 0 bridgehead atoms. The molecule has 4 nitrogen and oxygen atoms in total. The van der Waals surface area contributed by atoms with Gasteiger partial charge in [-0.05, 0) is 58.3 Å². The summed E-state index contributed by atoms with van der Waals surface area (Å²) in [6, 6.07) is 16.6. The first-order valence-electron chi connectivity index (χ1n) is 6.54. The van der Waals surface area contributed by atoms with E-state index < -0.39 is 0 Å². The zero-order valence-corrected chi connectivity index (χ0v) is 13.5.